The van der Waals surface area contributed by atoms with Crippen LogP contribution in [0.25, 0.3) is 0 Å². The molecule has 22 heavy (non-hydrogen) atoms. The van der Waals surface area contributed by atoms with E-state index < -0.39 is 0 Å². The SMILES string of the molecule is CN=C(NCCN(C)CCOC)NCC(OC)C(C)(C)C.I. The van der Waals surface area contributed by atoms with Crippen LogP contribution in [0.1, 0.15) is 20.8 Å². The molecule has 0 amide bonds. The van der Waals surface area contributed by atoms with E-state index >= 15 is 0 Å². The molecule has 0 spiro atoms. The molecule has 7 heteroatoms. The van der Waals surface area contributed by atoms with Crippen molar-refractivity contribution in [2.45, 2.75) is 26.9 Å². The Morgan fingerprint density at radius 1 is 1.18 bits per heavy atom. The average Bonchev–Trinajstić information content (AvgIpc) is 2.42. The molecule has 0 aliphatic rings. The Kier molecular flexibility index (Phi) is 14.6. The van der Waals surface area contributed by atoms with Crippen LogP contribution in [0.2, 0.25) is 0 Å². The van der Waals surface area contributed by atoms with Gasteiger partial charge in [-0.1, -0.05) is 20.8 Å². The second kappa shape index (κ2) is 13.3. The highest BCUT2D eigenvalue weighted by Gasteiger charge is 2.24. The van der Waals surface area contributed by atoms with E-state index in [9.17, 15) is 0 Å². The fourth-order valence-corrected chi connectivity index (χ4v) is 1.88. The number of halogens is 1. The minimum Gasteiger partial charge on any atom is -0.383 e. The Labute approximate surface area is 153 Å². The summed E-state index contributed by atoms with van der Waals surface area (Å²) in [5, 5.41) is 6.62. The highest BCUT2D eigenvalue weighted by molar-refractivity contribution is 14.0. The van der Waals surface area contributed by atoms with E-state index in [2.05, 4.69) is 48.3 Å². The first-order valence-electron chi connectivity index (χ1n) is 7.50. The van der Waals surface area contributed by atoms with Crippen LogP contribution in [0.5, 0.6) is 0 Å². The molecule has 0 aliphatic heterocycles. The number of likely N-dealkylation sites (N-methyl/N-ethyl adjacent to an activating group) is 1. The Morgan fingerprint density at radius 3 is 2.27 bits per heavy atom. The Morgan fingerprint density at radius 2 is 1.82 bits per heavy atom. The molecule has 0 aliphatic carbocycles. The van der Waals surface area contributed by atoms with Crippen molar-refractivity contribution in [1.29, 1.82) is 0 Å². The van der Waals surface area contributed by atoms with Crippen LogP contribution in [0.4, 0.5) is 0 Å². The molecular weight excluding hydrogens is 395 g/mol. The molecule has 134 valence electrons. The predicted octanol–water partition coefficient (Wildman–Crippen LogP) is 1.41. The lowest BCUT2D eigenvalue weighted by molar-refractivity contribution is 0.0205. The zero-order valence-electron chi connectivity index (χ0n) is 15.2. The van der Waals surface area contributed by atoms with Gasteiger partial charge in [0, 0.05) is 47.4 Å². The summed E-state index contributed by atoms with van der Waals surface area (Å²) in [5.41, 5.74) is 0.0982. The van der Waals surface area contributed by atoms with Gasteiger partial charge in [-0.05, 0) is 12.5 Å². The van der Waals surface area contributed by atoms with Crippen LogP contribution in [0, 0.1) is 5.41 Å². The summed E-state index contributed by atoms with van der Waals surface area (Å²) >= 11 is 0. The van der Waals surface area contributed by atoms with Crippen molar-refractivity contribution in [3.05, 3.63) is 0 Å². The monoisotopic (exact) mass is 430 g/mol. The van der Waals surface area contributed by atoms with Gasteiger partial charge in [-0.15, -0.1) is 24.0 Å². The van der Waals surface area contributed by atoms with Crippen LogP contribution >= 0.6 is 24.0 Å². The lowest BCUT2D eigenvalue weighted by Gasteiger charge is -2.30. The summed E-state index contributed by atoms with van der Waals surface area (Å²) in [5.74, 6) is 0.807. The smallest absolute Gasteiger partial charge is 0.191 e. The van der Waals surface area contributed by atoms with Crippen molar-refractivity contribution in [3.63, 3.8) is 0 Å². The van der Waals surface area contributed by atoms with Crippen molar-refractivity contribution in [2.24, 2.45) is 10.4 Å². The molecule has 1 unspecified atom stereocenters. The molecule has 0 aromatic rings. The van der Waals surface area contributed by atoms with Crippen LogP contribution in [0.15, 0.2) is 4.99 Å². The quantitative estimate of drug-likeness (QED) is 0.329. The number of nitrogens with zero attached hydrogens (tertiary/aromatic N) is 2. The van der Waals surface area contributed by atoms with Crippen LogP contribution < -0.4 is 10.6 Å². The molecule has 0 rings (SSSR count). The molecule has 0 aromatic heterocycles. The van der Waals surface area contributed by atoms with Crippen LogP contribution in [-0.2, 0) is 9.47 Å². The molecule has 6 nitrogen and oxygen atoms in total. The lowest BCUT2D eigenvalue weighted by atomic mass is 9.89. The third-order valence-corrected chi connectivity index (χ3v) is 3.39. The highest BCUT2D eigenvalue weighted by Crippen LogP contribution is 2.20. The summed E-state index contributed by atoms with van der Waals surface area (Å²) in [6.45, 7) is 10.7. The number of methoxy groups -OCH3 is 2. The van der Waals surface area contributed by atoms with Gasteiger partial charge in [-0.3, -0.25) is 4.99 Å². The van der Waals surface area contributed by atoms with Crippen molar-refractivity contribution in [2.75, 3.05) is 61.1 Å². The van der Waals surface area contributed by atoms with Gasteiger partial charge in [0.1, 0.15) is 0 Å². The van der Waals surface area contributed by atoms with Gasteiger partial charge in [0.05, 0.1) is 12.7 Å². The second-order valence-corrected chi connectivity index (χ2v) is 6.27. The highest BCUT2D eigenvalue weighted by atomic mass is 127. The normalized spacial score (nSPS) is 13.7. The van der Waals surface area contributed by atoms with Crippen molar-refractivity contribution in [1.82, 2.24) is 15.5 Å². The average molecular weight is 430 g/mol. The fourth-order valence-electron chi connectivity index (χ4n) is 1.88. The minimum absolute atomic E-state index is 0. The molecular formula is C15H35IN4O2. The lowest BCUT2D eigenvalue weighted by Crippen LogP contribution is -2.46. The fraction of sp³-hybridized carbons (Fsp3) is 0.933. The third kappa shape index (κ3) is 11.4. The molecule has 1 atom stereocenters. The van der Waals surface area contributed by atoms with Gasteiger partial charge in [-0.25, -0.2) is 0 Å². The first kappa shape index (κ1) is 24.1. The van der Waals surface area contributed by atoms with Gasteiger partial charge in [0.25, 0.3) is 0 Å². The van der Waals surface area contributed by atoms with E-state index in [0.717, 1.165) is 38.7 Å². The maximum atomic E-state index is 5.53. The minimum atomic E-state index is 0. The first-order valence-corrected chi connectivity index (χ1v) is 7.50. The van der Waals surface area contributed by atoms with E-state index in [1.54, 1.807) is 21.3 Å². The number of hydrogen-bond donors (Lipinski definition) is 2. The topological polar surface area (TPSA) is 58.1 Å². The Hall–Kier alpha value is -0.120. The number of aliphatic imine (C=N–C) groups is 1. The number of rotatable bonds is 9. The predicted molar refractivity (Wildman–Crippen MR) is 104 cm³/mol. The molecule has 0 aromatic carbocycles. The van der Waals surface area contributed by atoms with E-state index in [4.69, 9.17) is 9.47 Å². The number of ether oxygens (including phenoxy) is 2. The van der Waals surface area contributed by atoms with Crippen molar-refractivity contribution < 1.29 is 9.47 Å². The van der Waals surface area contributed by atoms with Gasteiger partial charge in [0.2, 0.25) is 0 Å². The summed E-state index contributed by atoms with van der Waals surface area (Å²) in [6.07, 6.45) is 0.139. The van der Waals surface area contributed by atoms with Gasteiger partial charge >= 0.3 is 0 Å². The van der Waals surface area contributed by atoms with Crippen LogP contribution in [0.3, 0.4) is 0 Å². The van der Waals surface area contributed by atoms with E-state index in [0.29, 0.717) is 0 Å². The molecule has 0 bridgehead atoms. The molecule has 2 N–H and O–H groups in total. The van der Waals surface area contributed by atoms with E-state index in [-0.39, 0.29) is 35.5 Å². The summed E-state index contributed by atoms with van der Waals surface area (Å²) in [4.78, 5) is 6.45. The number of guanidine groups is 1. The van der Waals surface area contributed by atoms with E-state index in [1.165, 1.54) is 0 Å². The second-order valence-electron chi connectivity index (χ2n) is 6.27. The van der Waals surface area contributed by atoms with Crippen LogP contribution in [-0.4, -0.2) is 78.1 Å². The van der Waals surface area contributed by atoms with Gasteiger partial charge < -0.3 is 25.0 Å². The summed E-state index contributed by atoms with van der Waals surface area (Å²) in [6, 6.07) is 0. The zero-order valence-corrected chi connectivity index (χ0v) is 17.6. The maximum Gasteiger partial charge on any atom is 0.191 e. The van der Waals surface area contributed by atoms with Crippen molar-refractivity contribution in [3.8, 4) is 0 Å². The molecule has 0 heterocycles. The molecule has 0 radical (unpaired) electrons. The van der Waals surface area contributed by atoms with Crippen molar-refractivity contribution >= 4 is 29.9 Å². The largest absolute Gasteiger partial charge is 0.383 e. The standard InChI is InChI=1S/C15H34N4O2.HI/c1-15(2,3)13(21-7)12-18-14(16-4)17-8-9-19(5)10-11-20-6;/h13H,8-12H2,1-7H3,(H2,16,17,18);1H. The number of hydrogen-bond acceptors (Lipinski definition) is 4. The van der Waals surface area contributed by atoms with E-state index in [1.807, 2.05) is 0 Å². The Balaban J connectivity index is 0. The summed E-state index contributed by atoms with van der Waals surface area (Å²) < 4.78 is 10.6. The number of nitrogens with one attached hydrogen (secondary N) is 2. The van der Waals surface area contributed by atoms with Gasteiger partial charge in [0.15, 0.2) is 5.96 Å². The summed E-state index contributed by atoms with van der Waals surface area (Å²) in [7, 11) is 7.33. The van der Waals surface area contributed by atoms with Gasteiger partial charge in [-0.2, -0.15) is 0 Å². The Bertz CT molecular complexity index is 296. The maximum absolute atomic E-state index is 5.53. The molecule has 0 saturated carbocycles. The first-order chi connectivity index (χ1) is 9.85. The molecule has 0 fully saturated rings. The zero-order chi connectivity index (χ0) is 16.3. The third-order valence-electron chi connectivity index (χ3n) is 3.39. The molecule has 0 saturated heterocycles.